The van der Waals surface area contributed by atoms with Gasteiger partial charge in [-0.15, -0.1) is 5.10 Å². The number of carbonyl (C=O) groups is 3. The Morgan fingerprint density at radius 3 is 2.36 bits per heavy atom. The lowest BCUT2D eigenvalue weighted by atomic mass is 10.1. The van der Waals surface area contributed by atoms with Crippen molar-refractivity contribution in [2.24, 2.45) is 7.05 Å². The number of anilines is 4. The van der Waals surface area contributed by atoms with Gasteiger partial charge in [0.25, 0.3) is 0 Å². The molecule has 8 rings (SSSR count). The summed E-state index contributed by atoms with van der Waals surface area (Å²) in [5, 5.41) is 13.7. The number of imide groups is 1. The standard InChI is InChI=1S/C42H46N10O6S/c1-48-39-32(8-6-10-34(39)51(42(48)56)35-21-22-37(53)46-40(35)55)43-23-5-3-4-12-38(54)50-26-24-49(25-27-50)30-17-15-29(16-18-30)44-41-45-36-11-7-9-33(52(36)47-41)28-13-19-31(20-14-28)59(2,57)58/h6-11,13-20,35,43H,3-5,12,21-27H2,1-2H3,(H,44,47)(H,46,53,55). The van der Waals surface area contributed by atoms with E-state index in [0.29, 0.717) is 48.7 Å². The monoisotopic (exact) mass is 818 g/mol. The van der Waals surface area contributed by atoms with Crippen LogP contribution in [0.5, 0.6) is 0 Å². The smallest absolute Gasteiger partial charge is 0.329 e. The fourth-order valence-electron chi connectivity index (χ4n) is 7.92. The van der Waals surface area contributed by atoms with E-state index in [1.165, 1.54) is 10.8 Å². The van der Waals surface area contributed by atoms with E-state index in [-0.39, 0.29) is 35.2 Å². The zero-order chi connectivity index (χ0) is 41.3. The van der Waals surface area contributed by atoms with Crippen LogP contribution in [0.25, 0.3) is 27.9 Å². The number of pyridine rings is 1. The molecule has 0 bridgehead atoms. The topological polar surface area (TPSA) is 185 Å². The highest BCUT2D eigenvalue weighted by atomic mass is 32.2. The predicted octanol–water partition coefficient (Wildman–Crippen LogP) is 4.50. The summed E-state index contributed by atoms with van der Waals surface area (Å²) in [5.41, 5.74) is 6.00. The Morgan fingerprint density at radius 2 is 1.63 bits per heavy atom. The number of benzene rings is 3. The number of nitrogens with zero attached hydrogens (tertiary/aromatic N) is 7. The maximum absolute atomic E-state index is 13.2. The number of hydrogen-bond acceptors (Lipinski definition) is 11. The average Bonchev–Trinajstić information content (AvgIpc) is 3.76. The Morgan fingerprint density at radius 1 is 0.881 bits per heavy atom. The van der Waals surface area contributed by atoms with Crippen molar-refractivity contribution in [2.75, 3.05) is 54.5 Å². The number of sulfone groups is 1. The molecular weight excluding hydrogens is 773 g/mol. The van der Waals surface area contributed by atoms with Gasteiger partial charge in [0.15, 0.2) is 15.5 Å². The number of rotatable bonds is 13. The van der Waals surface area contributed by atoms with Crippen molar-refractivity contribution in [1.29, 1.82) is 0 Å². The molecule has 5 heterocycles. The number of hydrogen-bond donors (Lipinski definition) is 3. The number of fused-ring (bicyclic) bond motifs is 2. The van der Waals surface area contributed by atoms with Crippen molar-refractivity contribution in [3.05, 3.63) is 95.4 Å². The van der Waals surface area contributed by atoms with E-state index < -0.39 is 21.8 Å². The van der Waals surface area contributed by atoms with Gasteiger partial charge in [-0.3, -0.25) is 28.8 Å². The maximum atomic E-state index is 13.2. The zero-order valence-corrected chi connectivity index (χ0v) is 33.7. The molecule has 2 aliphatic heterocycles. The van der Waals surface area contributed by atoms with Crippen LogP contribution in [0.15, 0.2) is 94.6 Å². The second kappa shape index (κ2) is 16.4. The molecule has 3 aromatic carbocycles. The third-order valence-electron chi connectivity index (χ3n) is 11.1. The molecule has 6 aromatic rings. The highest BCUT2D eigenvalue weighted by Gasteiger charge is 2.31. The van der Waals surface area contributed by atoms with E-state index in [1.807, 2.05) is 65.6 Å². The Hall–Kier alpha value is -6.49. The summed E-state index contributed by atoms with van der Waals surface area (Å²) < 4.78 is 28.6. The van der Waals surface area contributed by atoms with E-state index >= 15 is 0 Å². The van der Waals surface area contributed by atoms with Gasteiger partial charge in [-0.25, -0.2) is 17.7 Å². The van der Waals surface area contributed by atoms with Crippen LogP contribution in [-0.2, 0) is 31.3 Å². The van der Waals surface area contributed by atoms with Crippen molar-refractivity contribution in [2.45, 2.75) is 49.5 Å². The number of piperazine rings is 1. The van der Waals surface area contributed by atoms with Crippen molar-refractivity contribution < 1.29 is 22.8 Å². The summed E-state index contributed by atoms with van der Waals surface area (Å²) in [4.78, 5) is 59.6. The van der Waals surface area contributed by atoms with Crippen molar-refractivity contribution in [3.8, 4) is 11.3 Å². The van der Waals surface area contributed by atoms with Gasteiger partial charge >= 0.3 is 5.69 Å². The summed E-state index contributed by atoms with van der Waals surface area (Å²) in [6.45, 7) is 3.46. The molecule has 59 heavy (non-hydrogen) atoms. The number of unbranched alkanes of at least 4 members (excludes halogenated alkanes) is 2. The van der Waals surface area contributed by atoms with Gasteiger partial charge in [0, 0.05) is 75.8 Å². The molecule has 0 saturated carbocycles. The van der Waals surface area contributed by atoms with E-state index in [1.54, 1.807) is 40.4 Å². The number of imidazole rings is 1. The van der Waals surface area contributed by atoms with Gasteiger partial charge in [0.1, 0.15) is 6.04 Å². The first-order valence-electron chi connectivity index (χ1n) is 19.8. The van der Waals surface area contributed by atoms with Gasteiger partial charge in [-0.05, 0) is 79.9 Å². The van der Waals surface area contributed by atoms with Crippen LogP contribution in [0.3, 0.4) is 0 Å². The minimum atomic E-state index is -3.30. The lowest BCUT2D eigenvalue weighted by molar-refractivity contribution is -0.136. The number of nitrogens with one attached hydrogen (secondary N) is 3. The third kappa shape index (κ3) is 8.28. The predicted molar refractivity (Wildman–Crippen MR) is 226 cm³/mol. The van der Waals surface area contributed by atoms with E-state index in [4.69, 9.17) is 0 Å². The summed E-state index contributed by atoms with van der Waals surface area (Å²) in [6, 6.07) is 25.3. The fraction of sp³-hybridized carbons (Fsp3) is 0.333. The molecule has 2 saturated heterocycles. The first-order valence-corrected chi connectivity index (χ1v) is 21.7. The highest BCUT2D eigenvalue weighted by Crippen LogP contribution is 2.28. The van der Waals surface area contributed by atoms with Crippen LogP contribution in [0, 0.1) is 0 Å². The lowest BCUT2D eigenvalue weighted by Crippen LogP contribution is -2.48. The summed E-state index contributed by atoms with van der Waals surface area (Å²) in [7, 11) is -1.61. The van der Waals surface area contributed by atoms with Crippen LogP contribution >= 0.6 is 0 Å². The van der Waals surface area contributed by atoms with Crippen molar-refractivity contribution in [3.63, 3.8) is 0 Å². The van der Waals surface area contributed by atoms with E-state index in [9.17, 15) is 27.6 Å². The zero-order valence-electron chi connectivity index (χ0n) is 32.9. The number of aryl methyl sites for hydroxylation is 1. The Bertz CT molecular complexity index is 2710. The second-order valence-corrected chi connectivity index (χ2v) is 17.1. The van der Waals surface area contributed by atoms with Crippen LogP contribution in [-0.4, -0.2) is 93.8 Å². The number of carbonyl (C=O) groups excluding carboxylic acids is 3. The molecule has 16 nitrogen and oxygen atoms in total. The second-order valence-electron chi connectivity index (χ2n) is 15.0. The minimum Gasteiger partial charge on any atom is -0.383 e. The Kier molecular flexibility index (Phi) is 10.9. The first-order chi connectivity index (χ1) is 28.4. The van der Waals surface area contributed by atoms with E-state index in [2.05, 4.69) is 30.9 Å². The molecule has 17 heteroatoms. The number of amides is 3. The number of para-hydroxylation sites is 1. The Labute approximate surface area is 340 Å². The highest BCUT2D eigenvalue weighted by molar-refractivity contribution is 7.90. The molecule has 1 unspecified atom stereocenters. The fourth-order valence-corrected chi connectivity index (χ4v) is 8.55. The minimum absolute atomic E-state index is 0.167. The molecule has 0 radical (unpaired) electrons. The molecule has 306 valence electrons. The van der Waals surface area contributed by atoms with Crippen LogP contribution in [0.4, 0.5) is 23.0 Å². The molecule has 1 atom stereocenters. The first kappa shape index (κ1) is 39.3. The van der Waals surface area contributed by atoms with Gasteiger partial charge in [0.2, 0.25) is 23.7 Å². The molecular formula is C42H46N10O6S. The van der Waals surface area contributed by atoms with Gasteiger partial charge < -0.3 is 20.4 Å². The van der Waals surface area contributed by atoms with Gasteiger partial charge in [-0.1, -0.05) is 30.7 Å². The largest absolute Gasteiger partial charge is 0.383 e. The lowest BCUT2D eigenvalue weighted by Gasteiger charge is -2.36. The SMILES string of the molecule is Cn1c(=O)n(C2CCC(=O)NC2=O)c2cccc(NCCCCCC(=O)N3CCN(c4ccc(Nc5nc6cccc(-c7ccc(S(C)(=O)=O)cc7)n6n5)cc4)CC3)c21. The van der Waals surface area contributed by atoms with Crippen LogP contribution < -0.4 is 26.5 Å². The molecule has 3 amide bonds. The number of piperidine rings is 1. The summed E-state index contributed by atoms with van der Waals surface area (Å²) >= 11 is 0. The van der Waals surface area contributed by atoms with Crippen molar-refractivity contribution >= 4 is 67.2 Å². The third-order valence-corrected chi connectivity index (χ3v) is 12.2. The molecule has 2 fully saturated rings. The Balaban J connectivity index is 0.783. The normalized spacial score (nSPS) is 16.1. The molecule has 0 aliphatic carbocycles. The van der Waals surface area contributed by atoms with Crippen LogP contribution in [0.2, 0.25) is 0 Å². The molecule has 0 spiro atoms. The van der Waals surface area contributed by atoms with E-state index in [0.717, 1.165) is 60.7 Å². The molecule has 3 N–H and O–H groups in total. The van der Waals surface area contributed by atoms with Gasteiger partial charge in [-0.2, -0.15) is 4.98 Å². The molecule has 3 aromatic heterocycles. The van der Waals surface area contributed by atoms with Crippen molar-refractivity contribution in [1.82, 2.24) is 33.9 Å². The van der Waals surface area contributed by atoms with Crippen LogP contribution in [0.1, 0.15) is 44.6 Å². The summed E-state index contributed by atoms with van der Waals surface area (Å²) in [6.07, 6.45) is 4.66. The maximum Gasteiger partial charge on any atom is 0.329 e. The number of aromatic nitrogens is 5. The summed E-state index contributed by atoms with van der Waals surface area (Å²) in [5.74, 6) is -0.176. The molecule has 2 aliphatic rings. The average molecular weight is 819 g/mol. The quantitative estimate of drug-likeness (QED) is 0.110. The van der Waals surface area contributed by atoms with Gasteiger partial charge in [0.05, 0.1) is 27.3 Å².